The van der Waals surface area contributed by atoms with E-state index in [0.717, 1.165) is 44.7 Å². The van der Waals surface area contributed by atoms with Gasteiger partial charge >= 0.3 is 0 Å². The maximum atomic E-state index is 6.01. The Morgan fingerprint density at radius 2 is 1.80 bits per heavy atom. The molecule has 30 heavy (non-hydrogen) atoms. The Labute approximate surface area is 183 Å². The van der Waals surface area contributed by atoms with Crippen LogP contribution in [0.25, 0.3) is 10.9 Å². The monoisotopic (exact) mass is 464 g/mol. The van der Waals surface area contributed by atoms with Crippen LogP contribution in [0, 0.1) is 6.92 Å². The lowest BCUT2D eigenvalue weighted by molar-refractivity contribution is 0.294. The number of benzene rings is 2. The van der Waals surface area contributed by atoms with Gasteiger partial charge in [0.05, 0.1) is 23.5 Å². The second-order valence-electron chi connectivity index (χ2n) is 6.63. The molecule has 2 heterocycles. The number of nitrogens with zero attached hydrogens (tertiary/aromatic N) is 3. The number of aromatic nitrogens is 3. The van der Waals surface area contributed by atoms with Crippen molar-refractivity contribution in [3.05, 3.63) is 78.4 Å². The van der Waals surface area contributed by atoms with E-state index in [1.165, 1.54) is 0 Å². The van der Waals surface area contributed by atoms with Crippen molar-refractivity contribution in [3.63, 3.8) is 0 Å². The third-order valence-electron chi connectivity index (χ3n) is 4.51. The minimum Gasteiger partial charge on any atom is -0.490 e. The third-order valence-corrected chi connectivity index (χ3v) is 4.83. The fourth-order valence-corrected chi connectivity index (χ4v) is 3.22. The average Bonchev–Trinajstić information content (AvgIpc) is 2.79. The first-order chi connectivity index (χ1) is 14.7. The Morgan fingerprint density at radius 1 is 0.933 bits per heavy atom. The standard InChI is InChI=1S/C23H21BrN4O2/c1-16-12-20(28-23-18-7-2-3-8-19(18)26-15-27-23)22(29-11-9-24)13-21(16)30-14-17-6-4-5-10-25-17/h2-8,10,12-13,15H,9,11,14H2,1H3,(H,26,27,28). The van der Waals surface area contributed by atoms with Crippen LogP contribution in [0.4, 0.5) is 11.5 Å². The maximum Gasteiger partial charge on any atom is 0.146 e. The van der Waals surface area contributed by atoms with E-state index in [4.69, 9.17) is 9.47 Å². The number of pyridine rings is 1. The Hall–Kier alpha value is -3.19. The first kappa shape index (κ1) is 20.1. The summed E-state index contributed by atoms with van der Waals surface area (Å²) >= 11 is 3.42. The summed E-state index contributed by atoms with van der Waals surface area (Å²) in [6.07, 6.45) is 3.32. The van der Waals surface area contributed by atoms with E-state index in [9.17, 15) is 0 Å². The van der Waals surface area contributed by atoms with Gasteiger partial charge in [-0.25, -0.2) is 9.97 Å². The predicted molar refractivity (Wildman–Crippen MR) is 122 cm³/mol. The van der Waals surface area contributed by atoms with Crippen molar-refractivity contribution in [2.45, 2.75) is 13.5 Å². The first-order valence-corrected chi connectivity index (χ1v) is 10.7. The molecule has 0 radical (unpaired) electrons. The summed E-state index contributed by atoms with van der Waals surface area (Å²) in [6, 6.07) is 17.6. The zero-order valence-corrected chi connectivity index (χ0v) is 18.1. The highest BCUT2D eigenvalue weighted by molar-refractivity contribution is 9.09. The number of rotatable bonds is 8. The lowest BCUT2D eigenvalue weighted by Crippen LogP contribution is -2.05. The number of aryl methyl sites for hydroxylation is 1. The highest BCUT2D eigenvalue weighted by Crippen LogP contribution is 2.36. The zero-order valence-electron chi connectivity index (χ0n) is 16.5. The minimum absolute atomic E-state index is 0.392. The van der Waals surface area contributed by atoms with Crippen molar-refractivity contribution in [1.82, 2.24) is 15.0 Å². The van der Waals surface area contributed by atoms with Gasteiger partial charge in [-0.05, 0) is 42.8 Å². The average molecular weight is 465 g/mol. The van der Waals surface area contributed by atoms with Gasteiger partial charge in [0, 0.05) is 23.0 Å². The second kappa shape index (κ2) is 9.54. The zero-order chi connectivity index (χ0) is 20.8. The normalized spacial score (nSPS) is 10.7. The quantitative estimate of drug-likeness (QED) is 0.350. The van der Waals surface area contributed by atoms with Crippen LogP contribution < -0.4 is 14.8 Å². The van der Waals surface area contributed by atoms with Crippen LogP contribution in [0.1, 0.15) is 11.3 Å². The van der Waals surface area contributed by atoms with Crippen molar-refractivity contribution in [2.24, 2.45) is 0 Å². The van der Waals surface area contributed by atoms with Crippen LogP contribution in [0.5, 0.6) is 11.5 Å². The number of para-hydroxylation sites is 1. The number of fused-ring (bicyclic) bond motifs is 1. The van der Waals surface area contributed by atoms with Crippen molar-refractivity contribution < 1.29 is 9.47 Å². The highest BCUT2D eigenvalue weighted by atomic mass is 79.9. The molecule has 4 rings (SSSR count). The van der Waals surface area contributed by atoms with E-state index in [0.29, 0.717) is 19.0 Å². The molecule has 0 aliphatic heterocycles. The predicted octanol–water partition coefficient (Wildman–Crippen LogP) is 5.43. The van der Waals surface area contributed by atoms with Crippen LogP contribution in [0.3, 0.4) is 0 Å². The highest BCUT2D eigenvalue weighted by Gasteiger charge is 2.13. The summed E-state index contributed by atoms with van der Waals surface area (Å²) in [5.74, 6) is 2.17. The largest absolute Gasteiger partial charge is 0.490 e. The molecule has 0 amide bonds. The van der Waals surface area contributed by atoms with E-state index < -0.39 is 0 Å². The van der Waals surface area contributed by atoms with Gasteiger partial charge in [0.1, 0.15) is 30.3 Å². The summed E-state index contributed by atoms with van der Waals surface area (Å²) in [5.41, 5.74) is 3.56. The molecule has 0 unspecified atom stereocenters. The fraction of sp³-hybridized carbons (Fsp3) is 0.174. The Morgan fingerprint density at radius 3 is 2.63 bits per heavy atom. The van der Waals surface area contributed by atoms with Gasteiger partial charge in [0.15, 0.2) is 0 Å². The lowest BCUT2D eigenvalue weighted by atomic mass is 10.1. The second-order valence-corrected chi connectivity index (χ2v) is 7.42. The van der Waals surface area contributed by atoms with Crippen molar-refractivity contribution in [3.8, 4) is 11.5 Å². The van der Waals surface area contributed by atoms with Crippen LogP contribution in [-0.4, -0.2) is 26.9 Å². The number of halogens is 1. The molecule has 1 N–H and O–H groups in total. The number of alkyl halides is 1. The van der Waals surface area contributed by atoms with Crippen molar-refractivity contribution >= 4 is 38.3 Å². The van der Waals surface area contributed by atoms with E-state index >= 15 is 0 Å². The molecule has 0 atom stereocenters. The molecule has 2 aromatic heterocycles. The number of nitrogens with one attached hydrogen (secondary N) is 1. The number of ether oxygens (including phenoxy) is 2. The SMILES string of the molecule is Cc1cc(Nc2ncnc3ccccc23)c(OCCBr)cc1OCc1ccccn1. The topological polar surface area (TPSA) is 69.2 Å². The molecular formula is C23H21BrN4O2. The Kier molecular flexibility index (Phi) is 6.39. The van der Waals surface area contributed by atoms with Gasteiger partial charge < -0.3 is 14.8 Å². The van der Waals surface area contributed by atoms with E-state index in [-0.39, 0.29) is 0 Å². The van der Waals surface area contributed by atoms with Crippen molar-refractivity contribution in [2.75, 3.05) is 17.3 Å². The molecule has 0 saturated carbocycles. The smallest absolute Gasteiger partial charge is 0.146 e. The lowest BCUT2D eigenvalue weighted by Gasteiger charge is -2.17. The maximum absolute atomic E-state index is 6.01. The Bertz CT molecular complexity index is 1130. The van der Waals surface area contributed by atoms with E-state index in [1.807, 2.05) is 61.5 Å². The number of hydrogen-bond donors (Lipinski definition) is 1. The minimum atomic E-state index is 0.392. The number of hydrogen-bond acceptors (Lipinski definition) is 6. The summed E-state index contributed by atoms with van der Waals surface area (Å²) < 4.78 is 12.0. The molecule has 7 heteroatoms. The summed E-state index contributed by atoms with van der Waals surface area (Å²) in [4.78, 5) is 13.1. The Balaban J connectivity index is 1.64. The van der Waals surface area contributed by atoms with Crippen LogP contribution >= 0.6 is 15.9 Å². The van der Waals surface area contributed by atoms with Gasteiger partial charge in [-0.2, -0.15) is 0 Å². The van der Waals surface area contributed by atoms with Gasteiger partial charge in [-0.1, -0.05) is 34.1 Å². The summed E-state index contributed by atoms with van der Waals surface area (Å²) in [6.45, 7) is 2.93. The van der Waals surface area contributed by atoms with Crippen LogP contribution in [0.15, 0.2) is 67.1 Å². The molecule has 0 aliphatic carbocycles. The molecule has 0 fully saturated rings. The third kappa shape index (κ3) is 4.68. The van der Waals surface area contributed by atoms with Crippen molar-refractivity contribution in [1.29, 1.82) is 0 Å². The molecule has 0 bridgehead atoms. The molecule has 0 saturated heterocycles. The molecule has 0 spiro atoms. The van der Waals surface area contributed by atoms with E-state index in [1.54, 1.807) is 12.5 Å². The van der Waals surface area contributed by atoms with Crippen LogP contribution in [0.2, 0.25) is 0 Å². The summed E-state index contributed by atoms with van der Waals surface area (Å²) in [7, 11) is 0. The number of anilines is 2. The van der Waals surface area contributed by atoms with Gasteiger partial charge in [-0.3, -0.25) is 4.98 Å². The van der Waals surface area contributed by atoms with Gasteiger partial charge in [0.2, 0.25) is 0 Å². The fourth-order valence-electron chi connectivity index (χ4n) is 3.06. The van der Waals surface area contributed by atoms with Gasteiger partial charge in [-0.15, -0.1) is 0 Å². The molecule has 2 aromatic carbocycles. The van der Waals surface area contributed by atoms with Gasteiger partial charge in [0.25, 0.3) is 0 Å². The molecular weight excluding hydrogens is 444 g/mol. The summed E-state index contributed by atoms with van der Waals surface area (Å²) in [5, 5.41) is 5.07. The first-order valence-electron chi connectivity index (χ1n) is 9.57. The molecule has 4 aromatic rings. The van der Waals surface area contributed by atoms with E-state index in [2.05, 4.69) is 36.2 Å². The molecule has 152 valence electrons. The van der Waals surface area contributed by atoms with Crippen LogP contribution in [-0.2, 0) is 6.61 Å². The molecule has 0 aliphatic rings. The molecule has 6 nitrogen and oxygen atoms in total.